The van der Waals surface area contributed by atoms with Crippen LogP contribution in [-0.4, -0.2) is 48.6 Å². The van der Waals surface area contributed by atoms with E-state index in [1.165, 1.54) is 23.5 Å². The Kier molecular flexibility index (Phi) is 7.88. The number of aromatic nitrogens is 1. The van der Waals surface area contributed by atoms with Gasteiger partial charge in [-0.1, -0.05) is 48.4 Å². The molecule has 3 aromatic rings. The van der Waals surface area contributed by atoms with E-state index >= 15 is 0 Å². The summed E-state index contributed by atoms with van der Waals surface area (Å²) in [5.74, 6) is -0.211. The average molecular weight is 470 g/mol. The summed E-state index contributed by atoms with van der Waals surface area (Å²) >= 11 is 13.3. The molecule has 2 aromatic carbocycles. The Bertz CT molecular complexity index is 1030. The van der Waals surface area contributed by atoms with Crippen LogP contribution in [0.2, 0.25) is 10.0 Å². The Labute approximate surface area is 189 Å². The first kappa shape index (κ1) is 22.7. The zero-order valence-electron chi connectivity index (χ0n) is 16.7. The number of anilines is 1. The highest BCUT2D eigenvalue weighted by molar-refractivity contribution is 7.22. The Morgan fingerprint density at radius 1 is 1.13 bits per heavy atom. The van der Waals surface area contributed by atoms with Crippen LogP contribution in [0.1, 0.15) is 13.8 Å². The topological polar surface area (TPSA) is 45.7 Å². The lowest BCUT2D eigenvalue weighted by atomic mass is 10.3. The van der Waals surface area contributed by atoms with Crippen LogP contribution in [0.5, 0.6) is 5.75 Å². The second-order valence-corrected chi connectivity index (χ2v) is 8.40. The predicted molar refractivity (Wildman–Crippen MR) is 122 cm³/mol. The summed E-state index contributed by atoms with van der Waals surface area (Å²) in [6, 6.07) is 9.23. The molecule has 160 valence electrons. The molecule has 0 fully saturated rings. The second kappa shape index (κ2) is 10.4. The highest BCUT2D eigenvalue weighted by Crippen LogP contribution is 2.30. The number of rotatable bonds is 9. The lowest BCUT2D eigenvalue weighted by Gasteiger charge is -2.24. The average Bonchev–Trinajstić information content (AvgIpc) is 3.13. The molecule has 1 amide bonds. The molecule has 0 aliphatic heterocycles. The minimum Gasteiger partial charge on any atom is -0.482 e. The van der Waals surface area contributed by atoms with E-state index in [1.807, 2.05) is 0 Å². The number of likely N-dealkylation sites (N-methyl/N-ethyl adjacent to an activating group) is 1. The maximum atomic E-state index is 13.6. The van der Waals surface area contributed by atoms with E-state index in [2.05, 4.69) is 23.7 Å². The van der Waals surface area contributed by atoms with Crippen LogP contribution in [0, 0.1) is 5.82 Å². The van der Waals surface area contributed by atoms with Crippen molar-refractivity contribution in [3.63, 3.8) is 0 Å². The number of amides is 1. The first-order valence-electron chi connectivity index (χ1n) is 9.58. The Balaban J connectivity index is 1.80. The monoisotopic (exact) mass is 469 g/mol. The Hall–Kier alpha value is -1.93. The molecule has 3 rings (SSSR count). The molecule has 0 N–H and O–H groups in total. The highest BCUT2D eigenvalue weighted by atomic mass is 35.5. The van der Waals surface area contributed by atoms with Gasteiger partial charge < -0.3 is 9.64 Å². The summed E-state index contributed by atoms with van der Waals surface area (Å²) in [4.78, 5) is 21.4. The van der Waals surface area contributed by atoms with Gasteiger partial charge in [-0.05, 0) is 49.5 Å². The maximum Gasteiger partial charge on any atom is 0.266 e. The van der Waals surface area contributed by atoms with Crippen molar-refractivity contribution < 1.29 is 13.9 Å². The molecule has 0 saturated heterocycles. The van der Waals surface area contributed by atoms with Crippen molar-refractivity contribution in [2.24, 2.45) is 0 Å². The minimum atomic E-state index is -0.334. The van der Waals surface area contributed by atoms with E-state index in [9.17, 15) is 9.18 Å². The molecule has 1 aromatic heterocycles. The lowest BCUT2D eigenvalue weighted by Crippen LogP contribution is -2.41. The van der Waals surface area contributed by atoms with Gasteiger partial charge in [0.15, 0.2) is 11.7 Å². The second-order valence-electron chi connectivity index (χ2n) is 6.54. The van der Waals surface area contributed by atoms with Gasteiger partial charge in [0.1, 0.15) is 11.6 Å². The molecule has 0 bridgehead atoms. The normalized spacial score (nSPS) is 11.3. The number of nitrogens with zero attached hydrogens (tertiary/aromatic N) is 3. The van der Waals surface area contributed by atoms with Crippen LogP contribution >= 0.6 is 34.5 Å². The fraction of sp³-hybridized carbons (Fsp3) is 0.333. The lowest BCUT2D eigenvalue weighted by molar-refractivity contribution is -0.120. The number of thiazole rings is 1. The van der Waals surface area contributed by atoms with Crippen LogP contribution in [0.25, 0.3) is 10.2 Å². The molecular weight excluding hydrogens is 448 g/mol. The zero-order chi connectivity index (χ0) is 21.7. The van der Waals surface area contributed by atoms with Crippen LogP contribution < -0.4 is 9.64 Å². The van der Waals surface area contributed by atoms with Gasteiger partial charge in [0.05, 0.1) is 15.2 Å². The van der Waals surface area contributed by atoms with Gasteiger partial charge in [-0.15, -0.1) is 0 Å². The van der Waals surface area contributed by atoms with Crippen molar-refractivity contribution >= 4 is 55.8 Å². The third-order valence-electron chi connectivity index (χ3n) is 4.65. The van der Waals surface area contributed by atoms with Gasteiger partial charge in [0.25, 0.3) is 5.91 Å². The summed E-state index contributed by atoms with van der Waals surface area (Å²) in [5.41, 5.74) is 0.652. The van der Waals surface area contributed by atoms with Crippen molar-refractivity contribution in [2.45, 2.75) is 13.8 Å². The molecule has 1 heterocycles. The zero-order valence-corrected chi connectivity index (χ0v) is 19.0. The van der Waals surface area contributed by atoms with Crippen LogP contribution in [0.3, 0.4) is 0 Å². The van der Waals surface area contributed by atoms with Crippen LogP contribution in [0.15, 0.2) is 36.4 Å². The molecule has 0 unspecified atom stereocenters. The van der Waals surface area contributed by atoms with Gasteiger partial charge >= 0.3 is 0 Å². The van der Waals surface area contributed by atoms with Crippen molar-refractivity contribution in [1.29, 1.82) is 0 Å². The molecule has 0 atom stereocenters. The number of ether oxygens (including phenoxy) is 1. The summed E-state index contributed by atoms with van der Waals surface area (Å²) < 4.78 is 19.9. The summed E-state index contributed by atoms with van der Waals surface area (Å²) in [5, 5.41) is 1.33. The van der Waals surface area contributed by atoms with Crippen molar-refractivity contribution in [2.75, 3.05) is 37.7 Å². The van der Waals surface area contributed by atoms with E-state index in [-0.39, 0.29) is 18.3 Å². The molecule has 5 nitrogen and oxygen atoms in total. The fourth-order valence-electron chi connectivity index (χ4n) is 2.92. The minimum absolute atomic E-state index is 0.204. The van der Waals surface area contributed by atoms with E-state index in [1.54, 1.807) is 29.2 Å². The SMILES string of the molecule is CCN(CC)CCN(C(=O)COc1ccc(Cl)cc1Cl)c1nc2ccc(F)cc2s1. The number of hydrogen-bond acceptors (Lipinski definition) is 5. The standard InChI is InChI=1S/C21H22Cl2FN3O2S/c1-3-26(4-2)9-10-27(21-25-17-7-6-15(24)12-19(17)30-21)20(28)13-29-18-8-5-14(22)11-16(18)23/h5-8,11-12H,3-4,9-10,13H2,1-2H3. The van der Waals surface area contributed by atoms with Crippen molar-refractivity contribution in [1.82, 2.24) is 9.88 Å². The smallest absolute Gasteiger partial charge is 0.266 e. The Morgan fingerprint density at radius 3 is 2.60 bits per heavy atom. The van der Waals surface area contributed by atoms with Crippen LogP contribution in [0.4, 0.5) is 9.52 Å². The first-order valence-corrected chi connectivity index (χ1v) is 11.1. The maximum absolute atomic E-state index is 13.6. The van der Waals surface area contributed by atoms with Crippen molar-refractivity contribution in [3.8, 4) is 5.75 Å². The molecule has 0 radical (unpaired) electrons. The highest BCUT2D eigenvalue weighted by Gasteiger charge is 2.21. The molecule has 9 heteroatoms. The van der Waals surface area contributed by atoms with E-state index in [0.29, 0.717) is 44.2 Å². The largest absolute Gasteiger partial charge is 0.482 e. The van der Waals surface area contributed by atoms with Gasteiger partial charge in [-0.3, -0.25) is 9.69 Å². The van der Waals surface area contributed by atoms with E-state index in [0.717, 1.165) is 13.1 Å². The number of carbonyl (C=O) groups excluding carboxylic acids is 1. The Morgan fingerprint density at radius 2 is 1.90 bits per heavy atom. The van der Waals surface area contributed by atoms with Gasteiger partial charge in [-0.25, -0.2) is 9.37 Å². The first-order chi connectivity index (χ1) is 14.4. The number of halogens is 3. The number of benzene rings is 2. The van der Waals surface area contributed by atoms with Gasteiger partial charge in [-0.2, -0.15) is 0 Å². The third kappa shape index (κ3) is 5.60. The summed E-state index contributed by atoms with van der Waals surface area (Å²) in [6.45, 7) is 6.82. The predicted octanol–water partition coefficient (Wildman–Crippen LogP) is 5.50. The molecule has 0 saturated carbocycles. The molecule has 0 aliphatic carbocycles. The molecule has 0 aliphatic rings. The molecule has 30 heavy (non-hydrogen) atoms. The van der Waals surface area contributed by atoms with Crippen LogP contribution in [-0.2, 0) is 4.79 Å². The summed E-state index contributed by atoms with van der Waals surface area (Å²) in [6.07, 6.45) is 0. The number of fused-ring (bicyclic) bond motifs is 1. The van der Waals surface area contributed by atoms with Crippen molar-refractivity contribution in [3.05, 3.63) is 52.3 Å². The van der Waals surface area contributed by atoms with E-state index in [4.69, 9.17) is 27.9 Å². The van der Waals surface area contributed by atoms with Gasteiger partial charge in [0.2, 0.25) is 0 Å². The van der Waals surface area contributed by atoms with E-state index < -0.39 is 0 Å². The molecule has 0 spiro atoms. The number of carbonyl (C=O) groups is 1. The summed E-state index contributed by atoms with van der Waals surface area (Å²) in [7, 11) is 0. The number of hydrogen-bond donors (Lipinski definition) is 0. The van der Waals surface area contributed by atoms with Gasteiger partial charge in [0, 0.05) is 18.1 Å². The third-order valence-corrected chi connectivity index (χ3v) is 6.22. The molecular formula is C21H22Cl2FN3O2S. The fourth-order valence-corrected chi connectivity index (χ4v) is 4.42. The quantitative estimate of drug-likeness (QED) is 0.415.